The largest absolute Gasteiger partial charge is 0.381 e. The van der Waals surface area contributed by atoms with Crippen LogP contribution in [-0.2, 0) is 27.8 Å². The van der Waals surface area contributed by atoms with Gasteiger partial charge < -0.3 is 9.30 Å². The molecule has 2 aromatic rings. The third-order valence-electron chi connectivity index (χ3n) is 7.83. The summed E-state index contributed by atoms with van der Waals surface area (Å²) in [5, 5.41) is 0.957. The summed E-state index contributed by atoms with van der Waals surface area (Å²) >= 11 is 0. The molecule has 1 aliphatic heterocycles. The van der Waals surface area contributed by atoms with Gasteiger partial charge in [-0.15, -0.1) is 0 Å². The van der Waals surface area contributed by atoms with Crippen LogP contribution in [0.25, 0.3) is 10.9 Å². The highest BCUT2D eigenvalue weighted by atomic mass is 32.2. The van der Waals surface area contributed by atoms with Gasteiger partial charge in [0.1, 0.15) is 0 Å². The quantitative estimate of drug-likeness (QED) is 0.653. The van der Waals surface area contributed by atoms with Crippen LogP contribution in [0.1, 0.15) is 56.5 Å². The predicted octanol–water partition coefficient (Wildman–Crippen LogP) is 3.98. The first-order valence-corrected chi connectivity index (χ1v) is 13.0. The minimum Gasteiger partial charge on any atom is -0.381 e. The normalized spacial score (nSPS) is 21.5. The van der Waals surface area contributed by atoms with Crippen molar-refractivity contribution in [3.63, 3.8) is 0 Å². The Morgan fingerprint density at radius 1 is 1.16 bits per heavy atom. The van der Waals surface area contributed by atoms with Crippen LogP contribution in [0.5, 0.6) is 0 Å². The van der Waals surface area contributed by atoms with E-state index in [2.05, 4.69) is 37.0 Å². The fourth-order valence-corrected chi connectivity index (χ4v) is 5.65. The van der Waals surface area contributed by atoms with Crippen LogP contribution in [0.4, 0.5) is 0 Å². The number of carbonyl (C=O) groups is 1. The van der Waals surface area contributed by atoms with E-state index >= 15 is 0 Å². The van der Waals surface area contributed by atoms with Crippen LogP contribution < -0.4 is 4.72 Å². The maximum absolute atomic E-state index is 13.6. The molecule has 0 unspecified atom stereocenters. The van der Waals surface area contributed by atoms with E-state index in [9.17, 15) is 13.2 Å². The van der Waals surface area contributed by atoms with Gasteiger partial charge >= 0.3 is 0 Å². The molecule has 6 nitrogen and oxygen atoms in total. The van der Waals surface area contributed by atoms with Gasteiger partial charge in [-0.3, -0.25) is 4.79 Å². The molecule has 1 saturated carbocycles. The Labute approximate surface area is 185 Å². The molecule has 4 rings (SSSR count). The van der Waals surface area contributed by atoms with Crippen molar-refractivity contribution in [3.05, 3.63) is 35.5 Å². The number of benzene rings is 1. The minimum absolute atomic E-state index is 0.00806. The molecule has 170 valence electrons. The molecular weight excluding hydrogens is 412 g/mol. The molecule has 31 heavy (non-hydrogen) atoms. The molecule has 2 fully saturated rings. The summed E-state index contributed by atoms with van der Waals surface area (Å²) in [6, 6.07) is 5.91. The van der Waals surface area contributed by atoms with E-state index in [0.717, 1.165) is 60.9 Å². The van der Waals surface area contributed by atoms with Crippen LogP contribution in [0.3, 0.4) is 0 Å². The number of aromatic nitrogens is 1. The van der Waals surface area contributed by atoms with Crippen molar-refractivity contribution < 1.29 is 17.9 Å². The number of carbonyl (C=O) groups excluding carboxylic acids is 1. The lowest BCUT2D eigenvalue weighted by Gasteiger charge is -2.22. The average Bonchev–Trinajstić information content (AvgIpc) is 2.95. The van der Waals surface area contributed by atoms with Gasteiger partial charge in [-0.25, -0.2) is 13.1 Å². The molecule has 0 spiro atoms. The van der Waals surface area contributed by atoms with Crippen LogP contribution in [-0.4, -0.2) is 38.2 Å². The predicted molar refractivity (Wildman–Crippen MR) is 123 cm³/mol. The van der Waals surface area contributed by atoms with Gasteiger partial charge in [0.15, 0.2) is 5.78 Å². The van der Waals surface area contributed by atoms with Gasteiger partial charge in [-0.1, -0.05) is 39.8 Å². The molecule has 1 aromatic heterocycles. The lowest BCUT2D eigenvalue weighted by atomic mass is 10.00. The number of nitrogens with one attached hydrogen (secondary N) is 1. The number of ether oxygens (including phenoxy) is 1. The fraction of sp³-hybridized carbons (Fsp3) is 0.625. The highest BCUT2D eigenvalue weighted by Gasteiger charge is 2.68. The highest BCUT2D eigenvalue weighted by Crippen LogP contribution is 2.69. The molecule has 0 bridgehead atoms. The lowest BCUT2D eigenvalue weighted by molar-refractivity contribution is 0.0616. The van der Waals surface area contributed by atoms with Crippen molar-refractivity contribution in [3.8, 4) is 0 Å². The Bertz CT molecular complexity index is 1090. The van der Waals surface area contributed by atoms with E-state index in [4.69, 9.17) is 4.74 Å². The van der Waals surface area contributed by atoms with Crippen molar-refractivity contribution in [2.75, 3.05) is 19.5 Å². The Morgan fingerprint density at radius 2 is 1.81 bits per heavy atom. The summed E-state index contributed by atoms with van der Waals surface area (Å²) in [7, 11) is -3.27. The monoisotopic (exact) mass is 446 g/mol. The molecule has 1 aliphatic carbocycles. The summed E-state index contributed by atoms with van der Waals surface area (Å²) < 4.78 is 33.3. The van der Waals surface area contributed by atoms with Crippen molar-refractivity contribution >= 4 is 26.7 Å². The molecule has 1 N–H and O–H groups in total. The van der Waals surface area contributed by atoms with E-state index < -0.39 is 10.0 Å². The first-order chi connectivity index (χ1) is 14.4. The number of fused-ring (bicyclic) bond motifs is 1. The van der Waals surface area contributed by atoms with Crippen molar-refractivity contribution in [1.29, 1.82) is 0 Å². The third-order valence-corrected chi connectivity index (χ3v) is 8.50. The molecule has 2 heterocycles. The number of ketones is 1. The van der Waals surface area contributed by atoms with Crippen molar-refractivity contribution in [1.82, 2.24) is 9.29 Å². The standard InChI is InChI=1S/C24H34N2O4S/c1-23(2)22(24(23,3)4)21(27)19-15-26(14-16-8-10-30-11-9-16)20-12-17(6-7-18(19)20)13-25-31(5,28)29/h6-7,12,15-16,22,25H,8-11,13-14H2,1-5H3. The molecule has 0 atom stereocenters. The molecule has 0 radical (unpaired) electrons. The van der Waals surface area contributed by atoms with E-state index in [0.29, 0.717) is 5.92 Å². The summed E-state index contributed by atoms with van der Waals surface area (Å²) in [5.41, 5.74) is 2.64. The first-order valence-electron chi connectivity index (χ1n) is 11.1. The SMILES string of the molecule is CC1(C)C(C(=O)c2cn(CC3CCOCC3)c3cc(CNS(C)(=O)=O)ccc23)C1(C)C. The zero-order valence-electron chi connectivity index (χ0n) is 19.2. The number of hydrogen-bond donors (Lipinski definition) is 1. The van der Waals surface area contributed by atoms with Crippen LogP contribution in [0.2, 0.25) is 0 Å². The number of nitrogens with zero attached hydrogens (tertiary/aromatic N) is 1. The second-order valence-corrected chi connectivity index (χ2v) is 12.3. The van der Waals surface area contributed by atoms with Crippen molar-refractivity contribution in [2.45, 2.75) is 53.6 Å². The van der Waals surface area contributed by atoms with Gasteiger partial charge in [-0.05, 0) is 41.2 Å². The highest BCUT2D eigenvalue weighted by molar-refractivity contribution is 7.88. The zero-order valence-corrected chi connectivity index (χ0v) is 20.0. The van der Waals surface area contributed by atoms with Gasteiger partial charge in [-0.2, -0.15) is 0 Å². The number of Topliss-reactive ketones (excluding diaryl/α,β-unsaturated/α-hetero) is 1. The Morgan fingerprint density at radius 3 is 2.39 bits per heavy atom. The topological polar surface area (TPSA) is 77.4 Å². The number of sulfonamides is 1. The van der Waals surface area contributed by atoms with Crippen LogP contribution >= 0.6 is 0 Å². The second kappa shape index (κ2) is 7.71. The average molecular weight is 447 g/mol. The van der Waals surface area contributed by atoms with Crippen molar-refractivity contribution in [2.24, 2.45) is 22.7 Å². The third kappa shape index (κ3) is 4.20. The number of rotatable bonds is 7. The zero-order chi connectivity index (χ0) is 22.6. The molecule has 7 heteroatoms. The smallest absolute Gasteiger partial charge is 0.209 e. The first kappa shape index (κ1) is 22.5. The fourth-order valence-electron chi connectivity index (χ4n) is 5.22. The summed E-state index contributed by atoms with van der Waals surface area (Å²) in [5.74, 6) is 0.736. The molecular formula is C24H34N2O4S. The molecule has 1 saturated heterocycles. The van der Waals surface area contributed by atoms with E-state index in [-0.39, 0.29) is 29.1 Å². The van der Waals surface area contributed by atoms with E-state index in [1.807, 2.05) is 24.4 Å². The maximum Gasteiger partial charge on any atom is 0.209 e. The molecule has 1 aromatic carbocycles. The van der Waals surface area contributed by atoms with Gasteiger partial charge in [0.05, 0.1) is 6.26 Å². The minimum atomic E-state index is -3.27. The van der Waals surface area contributed by atoms with E-state index in [1.54, 1.807) is 0 Å². The summed E-state index contributed by atoms with van der Waals surface area (Å²) in [6.45, 7) is 11.3. The Hall–Kier alpha value is -1.70. The molecule has 0 amide bonds. The van der Waals surface area contributed by atoms with Gasteiger partial charge in [0.2, 0.25) is 10.0 Å². The van der Waals surface area contributed by atoms with Gasteiger partial charge in [0.25, 0.3) is 0 Å². The Balaban J connectivity index is 1.71. The molecule has 2 aliphatic rings. The lowest BCUT2D eigenvalue weighted by Crippen LogP contribution is -2.21. The van der Waals surface area contributed by atoms with Crippen LogP contribution in [0.15, 0.2) is 24.4 Å². The summed E-state index contributed by atoms with van der Waals surface area (Å²) in [6.07, 6.45) is 5.22. The van der Waals surface area contributed by atoms with Crippen LogP contribution in [0, 0.1) is 22.7 Å². The maximum atomic E-state index is 13.6. The van der Waals surface area contributed by atoms with Gasteiger partial charge in [0, 0.05) is 54.9 Å². The summed E-state index contributed by atoms with van der Waals surface area (Å²) in [4.78, 5) is 13.6. The Kier molecular flexibility index (Phi) is 5.59. The number of hydrogen-bond acceptors (Lipinski definition) is 4. The second-order valence-electron chi connectivity index (χ2n) is 10.4. The van der Waals surface area contributed by atoms with E-state index in [1.165, 1.54) is 0 Å².